The number of benzene rings is 1. The SMILES string of the molecule is COCC(C)C(C)(N)c1ccccc1Cl. The van der Waals surface area contributed by atoms with Crippen LogP contribution in [0.1, 0.15) is 19.4 Å². The average Bonchev–Trinajstić information content (AvgIpc) is 2.18. The van der Waals surface area contributed by atoms with Crippen LogP contribution in [0.4, 0.5) is 0 Å². The van der Waals surface area contributed by atoms with E-state index in [0.717, 1.165) is 5.56 Å². The van der Waals surface area contributed by atoms with Crippen molar-refractivity contribution in [1.82, 2.24) is 0 Å². The molecule has 0 radical (unpaired) electrons. The Morgan fingerprint density at radius 2 is 2.07 bits per heavy atom. The van der Waals surface area contributed by atoms with Gasteiger partial charge < -0.3 is 10.5 Å². The van der Waals surface area contributed by atoms with Crippen LogP contribution in [0.3, 0.4) is 0 Å². The highest BCUT2D eigenvalue weighted by Crippen LogP contribution is 2.31. The molecule has 0 saturated carbocycles. The molecule has 15 heavy (non-hydrogen) atoms. The Labute approximate surface area is 96.4 Å². The molecule has 0 aliphatic heterocycles. The second kappa shape index (κ2) is 4.97. The fourth-order valence-corrected chi connectivity index (χ4v) is 1.93. The Morgan fingerprint density at radius 1 is 1.47 bits per heavy atom. The number of nitrogens with two attached hydrogens (primary N) is 1. The third kappa shape index (κ3) is 2.71. The molecule has 0 heterocycles. The molecule has 1 aromatic carbocycles. The van der Waals surface area contributed by atoms with Crippen molar-refractivity contribution in [3.05, 3.63) is 34.9 Å². The molecule has 1 aromatic rings. The number of hydrogen-bond donors (Lipinski definition) is 1. The molecule has 0 aliphatic carbocycles. The summed E-state index contributed by atoms with van der Waals surface area (Å²) in [6.45, 7) is 4.67. The van der Waals surface area contributed by atoms with Crippen LogP contribution in [-0.4, -0.2) is 13.7 Å². The van der Waals surface area contributed by atoms with Gasteiger partial charge >= 0.3 is 0 Å². The minimum atomic E-state index is -0.464. The molecule has 0 fully saturated rings. The van der Waals surface area contributed by atoms with E-state index >= 15 is 0 Å². The first-order chi connectivity index (χ1) is 7.00. The molecule has 0 amide bonds. The Kier molecular flexibility index (Phi) is 4.14. The molecule has 0 bridgehead atoms. The van der Waals surface area contributed by atoms with Crippen LogP contribution >= 0.6 is 11.6 Å². The molecule has 0 aliphatic rings. The zero-order valence-electron chi connectivity index (χ0n) is 9.46. The lowest BCUT2D eigenvalue weighted by Crippen LogP contribution is -2.42. The standard InChI is InChI=1S/C12H18ClNO/c1-9(8-15-3)12(2,14)10-6-4-5-7-11(10)13/h4-7,9H,8,14H2,1-3H3. The molecule has 0 spiro atoms. The molecule has 0 saturated heterocycles. The van der Waals surface area contributed by atoms with Gasteiger partial charge in [-0.15, -0.1) is 0 Å². The fourth-order valence-electron chi connectivity index (χ4n) is 1.59. The summed E-state index contributed by atoms with van der Waals surface area (Å²) in [7, 11) is 1.68. The second-order valence-electron chi connectivity index (χ2n) is 4.12. The van der Waals surface area contributed by atoms with Crippen molar-refractivity contribution in [2.75, 3.05) is 13.7 Å². The van der Waals surface area contributed by atoms with Gasteiger partial charge in [-0.1, -0.05) is 36.7 Å². The zero-order chi connectivity index (χ0) is 11.5. The van der Waals surface area contributed by atoms with Gasteiger partial charge in [0.1, 0.15) is 0 Å². The van der Waals surface area contributed by atoms with E-state index in [1.54, 1.807) is 7.11 Å². The largest absolute Gasteiger partial charge is 0.384 e. The van der Waals surface area contributed by atoms with Crippen LogP contribution in [0.25, 0.3) is 0 Å². The molecule has 3 heteroatoms. The van der Waals surface area contributed by atoms with Gasteiger partial charge in [0.15, 0.2) is 0 Å². The first-order valence-corrected chi connectivity index (χ1v) is 5.40. The molecule has 2 unspecified atom stereocenters. The lowest BCUT2D eigenvalue weighted by molar-refractivity contribution is 0.121. The van der Waals surface area contributed by atoms with Gasteiger partial charge in [0.25, 0.3) is 0 Å². The third-order valence-electron chi connectivity index (χ3n) is 2.89. The third-order valence-corrected chi connectivity index (χ3v) is 3.22. The van der Waals surface area contributed by atoms with E-state index in [9.17, 15) is 0 Å². The first-order valence-electron chi connectivity index (χ1n) is 5.03. The zero-order valence-corrected chi connectivity index (χ0v) is 10.2. The minimum absolute atomic E-state index is 0.211. The Morgan fingerprint density at radius 3 is 2.60 bits per heavy atom. The van der Waals surface area contributed by atoms with Crippen molar-refractivity contribution < 1.29 is 4.74 Å². The summed E-state index contributed by atoms with van der Waals surface area (Å²) < 4.78 is 5.13. The van der Waals surface area contributed by atoms with Crippen molar-refractivity contribution in [2.24, 2.45) is 11.7 Å². The van der Waals surface area contributed by atoms with Crippen LogP contribution in [0.5, 0.6) is 0 Å². The van der Waals surface area contributed by atoms with E-state index in [0.29, 0.717) is 11.6 Å². The highest BCUT2D eigenvalue weighted by molar-refractivity contribution is 6.31. The van der Waals surface area contributed by atoms with E-state index in [1.165, 1.54) is 0 Å². The Balaban J connectivity index is 2.99. The fraction of sp³-hybridized carbons (Fsp3) is 0.500. The van der Waals surface area contributed by atoms with Gasteiger partial charge in [-0.3, -0.25) is 0 Å². The van der Waals surface area contributed by atoms with Crippen LogP contribution in [0, 0.1) is 5.92 Å². The first kappa shape index (κ1) is 12.5. The summed E-state index contributed by atoms with van der Waals surface area (Å²) in [4.78, 5) is 0. The summed E-state index contributed by atoms with van der Waals surface area (Å²) in [6, 6.07) is 7.69. The summed E-state index contributed by atoms with van der Waals surface area (Å²) in [5.74, 6) is 0.211. The maximum absolute atomic E-state index is 6.30. The maximum atomic E-state index is 6.30. The predicted octanol–water partition coefficient (Wildman–Crippen LogP) is 2.80. The van der Waals surface area contributed by atoms with Gasteiger partial charge in [0, 0.05) is 23.6 Å². The van der Waals surface area contributed by atoms with Crippen molar-refractivity contribution in [3.8, 4) is 0 Å². The van der Waals surface area contributed by atoms with Crippen molar-refractivity contribution >= 4 is 11.6 Å². The predicted molar refractivity (Wildman–Crippen MR) is 64.0 cm³/mol. The number of methoxy groups -OCH3 is 1. The van der Waals surface area contributed by atoms with Crippen LogP contribution in [-0.2, 0) is 10.3 Å². The molecule has 0 aromatic heterocycles. The van der Waals surface area contributed by atoms with Crippen molar-refractivity contribution in [3.63, 3.8) is 0 Å². The van der Waals surface area contributed by atoms with Gasteiger partial charge in [-0.05, 0) is 18.6 Å². The van der Waals surface area contributed by atoms with Crippen LogP contribution < -0.4 is 5.73 Å². The molecule has 84 valence electrons. The molecule has 2 atom stereocenters. The quantitative estimate of drug-likeness (QED) is 0.859. The lowest BCUT2D eigenvalue weighted by Gasteiger charge is -2.32. The van der Waals surface area contributed by atoms with Gasteiger partial charge in [0.05, 0.1) is 6.61 Å². The van der Waals surface area contributed by atoms with E-state index in [4.69, 9.17) is 22.1 Å². The average molecular weight is 228 g/mol. The van der Waals surface area contributed by atoms with Gasteiger partial charge in [-0.25, -0.2) is 0 Å². The van der Waals surface area contributed by atoms with Gasteiger partial charge in [0.2, 0.25) is 0 Å². The lowest BCUT2D eigenvalue weighted by atomic mass is 9.82. The number of ether oxygens (including phenoxy) is 1. The van der Waals surface area contributed by atoms with E-state index in [2.05, 4.69) is 6.92 Å². The molecule has 2 nitrogen and oxygen atoms in total. The highest BCUT2D eigenvalue weighted by Gasteiger charge is 2.30. The molecular formula is C12H18ClNO. The molecule has 1 rings (SSSR count). The maximum Gasteiger partial charge on any atom is 0.0508 e. The van der Waals surface area contributed by atoms with Crippen molar-refractivity contribution in [2.45, 2.75) is 19.4 Å². The highest BCUT2D eigenvalue weighted by atomic mass is 35.5. The number of hydrogen-bond acceptors (Lipinski definition) is 2. The summed E-state index contributed by atoms with van der Waals surface area (Å²) in [5.41, 5.74) is 6.81. The Hall–Kier alpha value is -0.570. The van der Waals surface area contributed by atoms with E-state index in [-0.39, 0.29) is 5.92 Å². The molecule has 2 N–H and O–H groups in total. The number of rotatable bonds is 4. The topological polar surface area (TPSA) is 35.2 Å². The second-order valence-corrected chi connectivity index (χ2v) is 4.53. The van der Waals surface area contributed by atoms with E-state index in [1.807, 2.05) is 31.2 Å². The normalized spacial score (nSPS) is 17.1. The molecular weight excluding hydrogens is 210 g/mol. The monoisotopic (exact) mass is 227 g/mol. The van der Waals surface area contributed by atoms with Crippen LogP contribution in [0.2, 0.25) is 5.02 Å². The summed E-state index contributed by atoms with van der Waals surface area (Å²) in [6.07, 6.45) is 0. The van der Waals surface area contributed by atoms with Crippen LogP contribution in [0.15, 0.2) is 24.3 Å². The van der Waals surface area contributed by atoms with Gasteiger partial charge in [-0.2, -0.15) is 0 Å². The Bertz CT molecular complexity index is 325. The smallest absolute Gasteiger partial charge is 0.0508 e. The summed E-state index contributed by atoms with van der Waals surface area (Å²) in [5, 5.41) is 0.713. The summed E-state index contributed by atoms with van der Waals surface area (Å²) >= 11 is 6.13. The van der Waals surface area contributed by atoms with E-state index < -0.39 is 5.54 Å². The minimum Gasteiger partial charge on any atom is -0.384 e. The van der Waals surface area contributed by atoms with Crippen molar-refractivity contribution in [1.29, 1.82) is 0 Å². The number of halogens is 1.